The second kappa shape index (κ2) is 5.13. The van der Waals surface area contributed by atoms with Crippen LogP contribution in [0.15, 0.2) is 0 Å². The summed E-state index contributed by atoms with van der Waals surface area (Å²) in [7, 11) is 0. The number of hydrogen-bond donors (Lipinski definition) is 0. The highest BCUT2D eigenvalue weighted by atomic mass is 16.5. The van der Waals surface area contributed by atoms with Gasteiger partial charge in [0.2, 0.25) is 0 Å². The van der Waals surface area contributed by atoms with Gasteiger partial charge in [0.1, 0.15) is 0 Å². The van der Waals surface area contributed by atoms with E-state index in [1.165, 1.54) is 0 Å². The van der Waals surface area contributed by atoms with E-state index in [-0.39, 0.29) is 5.92 Å². The van der Waals surface area contributed by atoms with Crippen LogP contribution in [0.1, 0.15) is 13.3 Å². The Morgan fingerprint density at radius 1 is 1.75 bits per heavy atom. The van der Waals surface area contributed by atoms with Gasteiger partial charge in [0, 0.05) is 12.5 Å². The minimum atomic E-state index is 0.00678. The lowest BCUT2D eigenvalue weighted by Gasteiger charge is -2.08. The summed E-state index contributed by atoms with van der Waals surface area (Å²) in [4.78, 5) is 0. The van der Waals surface area contributed by atoms with E-state index in [0.717, 1.165) is 26.2 Å². The summed E-state index contributed by atoms with van der Waals surface area (Å²) in [6.45, 7) is 4.84. The third kappa shape index (κ3) is 3.21. The highest BCUT2D eigenvalue weighted by molar-refractivity contribution is 4.77. The molecule has 0 amide bonds. The first-order valence-electron chi connectivity index (χ1n) is 4.38. The smallest absolute Gasteiger partial charge is 0.0677 e. The maximum atomic E-state index is 8.47. The van der Waals surface area contributed by atoms with E-state index < -0.39 is 0 Å². The third-order valence-electron chi connectivity index (χ3n) is 1.97. The van der Waals surface area contributed by atoms with Crippen LogP contribution in [0.4, 0.5) is 0 Å². The fourth-order valence-electron chi connectivity index (χ4n) is 1.16. The third-order valence-corrected chi connectivity index (χ3v) is 1.97. The van der Waals surface area contributed by atoms with E-state index in [9.17, 15) is 0 Å². The Morgan fingerprint density at radius 2 is 2.58 bits per heavy atom. The molecule has 3 heteroatoms. The minimum absolute atomic E-state index is 0.00678. The molecule has 1 saturated heterocycles. The molecule has 3 nitrogen and oxygen atoms in total. The Morgan fingerprint density at radius 3 is 3.17 bits per heavy atom. The maximum absolute atomic E-state index is 8.47. The van der Waals surface area contributed by atoms with Crippen molar-refractivity contribution >= 4 is 0 Å². The molecule has 12 heavy (non-hydrogen) atoms. The summed E-state index contributed by atoms with van der Waals surface area (Å²) in [5.74, 6) is 0.559. The van der Waals surface area contributed by atoms with Crippen LogP contribution in [-0.4, -0.2) is 26.4 Å². The number of nitriles is 1. The number of nitrogens with zero attached hydrogens (tertiary/aromatic N) is 1. The van der Waals surface area contributed by atoms with Crippen LogP contribution in [0, 0.1) is 23.2 Å². The van der Waals surface area contributed by atoms with E-state index in [4.69, 9.17) is 14.7 Å². The lowest BCUT2D eigenvalue weighted by atomic mass is 10.1. The molecule has 0 N–H and O–H groups in total. The van der Waals surface area contributed by atoms with Gasteiger partial charge in [-0.3, -0.25) is 0 Å². The largest absolute Gasteiger partial charge is 0.381 e. The molecule has 0 aromatic rings. The quantitative estimate of drug-likeness (QED) is 0.635. The molecule has 0 radical (unpaired) electrons. The zero-order valence-corrected chi connectivity index (χ0v) is 7.45. The lowest BCUT2D eigenvalue weighted by molar-refractivity contribution is 0.0790. The van der Waals surface area contributed by atoms with Crippen molar-refractivity contribution in [2.24, 2.45) is 11.8 Å². The molecule has 68 valence electrons. The first-order valence-corrected chi connectivity index (χ1v) is 4.38. The van der Waals surface area contributed by atoms with Crippen molar-refractivity contribution in [1.82, 2.24) is 0 Å². The molecule has 0 saturated carbocycles. The normalized spacial score (nSPS) is 25.2. The zero-order chi connectivity index (χ0) is 8.81. The van der Waals surface area contributed by atoms with Gasteiger partial charge in [-0.05, 0) is 13.3 Å². The fraction of sp³-hybridized carbons (Fsp3) is 0.889. The van der Waals surface area contributed by atoms with Crippen molar-refractivity contribution in [2.75, 3.05) is 26.4 Å². The van der Waals surface area contributed by atoms with E-state index >= 15 is 0 Å². The lowest BCUT2D eigenvalue weighted by Crippen LogP contribution is -2.12. The van der Waals surface area contributed by atoms with E-state index in [0.29, 0.717) is 12.5 Å². The highest BCUT2D eigenvalue weighted by Gasteiger charge is 2.15. The predicted molar refractivity (Wildman–Crippen MR) is 44.5 cm³/mol. The Bertz CT molecular complexity index is 158. The van der Waals surface area contributed by atoms with Gasteiger partial charge < -0.3 is 9.47 Å². The highest BCUT2D eigenvalue weighted by Crippen LogP contribution is 2.12. The van der Waals surface area contributed by atoms with Crippen LogP contribution >= 0.6 is 0 Å². The summed E-state index contributed by atoms with van der Waals surface area (Å²) in [6, 6.07) is 2.13. The van der Waals surface area contributed by atoms with E-state index in [2.05, 4.69) is 6.07 Å². The molecule has 1 aliphatic rings. The van der Waals surface area contributed by atoms with Gasteiger partial charge in [0.05, 0.1) is 31.8 Å². The topological polar surface area (TPSA) is 42.2 Å². The maximum Gasteiger partial charge on any atom is 0.0677 e. The van der Waals surface area contributed by atoms with Gasteiger partial charge in [-0.15, -0.1) is 0 Å². The molecule has 0 aromatic carbocycles. The zero-order valence-electron chi connectivity index (χ0n) is 7.45. The van der Waals surface area contributed by atoms with Gasteiger partial charge >= 0.3 is 0 Å². The molecular weight excluding hydrogens is 154 g/mol. The molecule has 1 heterocycles. The molecule has 2 atom stereocenters. The number of ether oxygens (including phenoxy) is 2. The van der Waals surface area contributed by atoms with Crippen molar-refractivity contribution in [1.29, 1.82) is 5.26 Å². The summed E-state index contributed by atoms with van der Waals surface area (Å²) in [6.07, 6.45) is 1.10. The Kier molecular flexibility index (Phi) is 4.06. The molecule has 1 aliphatic heterocycles. The standard InChI is InChI=1S/C9H15NO2/c1-8(4-10)5-12-7-9-2-3-11-6-9/h8-9H,2-3,5-7H2,1H3. The Hall–Kier alpha value is -0.590. The average molecular weight is 169 g/mol. The van der Waals surface area contributed by atoms with Gasteiger partial charge in [-0.1, -0.05) is 0 Å². The number of hydrogen-bond acceptors (Lipinski definition) is 3. The molecular formula is C9H15NO2. The molecule has 0 spiro atoms. The van der Waals surface area contributed by atoms with Crippen molar-refractivity contribution in [2.45, 2.75) is 13.3 Å². The second-order valence-electron chi connectivity index (χ2n) is 3.30. The first kappa shape index (κ1) is 9.50. The predicted octanol–water partition coefficient (Wildman–Crippen LogP) is 1.20. The van der Waals surface area contributed by atoms with Crippen LogP contribution in [-0.2, 0) is 9.47 Å². The monoisotopic (exact) mass is 169 g/mol. The van der Waals surface area contributed by atoms with Gasteiger partial charge in [0.15, 0.2) is 0 Å². The average Bonchev–Trinajstić information content (AvgIpc) is 2.57. The summed E-state index contributed by atoms with van der Waals surface area (Å²) >= 11 is 0. The van der Waals surface area contributed by atoms with E-state index in [1.807, 2.05) is 6.92 Å². The summed E-state index contributed by atoms with van der Waals surface area (Å²) < 4.78 is 10.6. The molecule has 1 fully saturated rings. The van der Waals surface area contributed by atoms with E-state index in [1.54, 1.807) is 0 Å². The van der Waals surface area contributed by atoms with Crippen LogP contribution in [0.3, 0.4) is 0 Å². The van der Waals surface area contributed by atoms with Gasteiger partial charge in [0.25, 0.3) is 0 Å². The molecule has 0 aromatic heterocycles. The van der Waals surface area contributed by atoms with Crippen LogP contribution < -0.4 is 0 Å². The molecule has 0 aliphatic carbocycles. The fourth-order valence-corrected chi connectivity index (χ4v) is 1.16. The first-order chi connectivity index (χ1) is 5.83. The Labute approximate surface area is 73.3 Å². The van der Waals surface area contributed by atoms with Crippen LogP contribution in [0.2, 0.25) is 0 Å². The van der Waals surface area contributed by atoms with Crippen LogP contribution in [0.5, 0.6) is 0 Å². The molecule has 0 bridgehead atoms. The van der Waals surface area contributed by atoms with Crippen molar-refractivity contribution in [3.8, 4) is 6.07 Å². The molecule has 2 unspecified atom stereocenters. The van der Waals surface area contributed by atoms with Gasteiger partial charge in [-0.25, -0.2) is 0 Å². The van der Waals surface area contributed by atoms with Gasteiger partial charge in [-0.2, -0.15) is 5.26 Å². The SMILES string of the molecule is CC(C#N)COCC1CCOC1. The minimum Gasteiger partial charge on any atom is -0.381 e. The molecule has 1 rings (SSSR count). The summed E-state index contributed by atoms with van der Waals surface area (Å²) in [5, 5.41) is 8.47. The van der Waals surface area contributed by atoms with Crippen molar-refractivity contribution in [3.05, 3.63) is 0 Å². The second-order valence-corrected chi connectivity index (χ2v) is 3.30. The van der Waals surface area contributed by atoms with Crippen LogP contribution in [0.25, 0.3) is 0 Å². The van der Waals surface area contributed by atoms with Crippen molar-refractivity contribution in [3.63, 3.8) is 0 Å². The Balaban J connectivity index is 1.98. The summed E-state index contributed by atoms with van der Waals surface area (Å²) in [5.41, 5.74) is 0. The van der Waals surface area contributed by atoms with Crippen molar-refractivity contribution < 1.29 is 9.47 Å². The number of rotatable bonds is 4.